The summed E-state index contributed by atoms with van der Waals surface area (Å²) in [4.78, 5) is 0. The fourth-order valence-electron chi connectivity index (χ4n) is 2.12. The summed E-state index contributed by atoms with van der Waals surface area (Å²) in [7, 11) is 1.97. The third-order valence-electron chi connectivity index (χ3n) is 3.32. The first-order valence-electron chi connectivity index (χ1n) is 5.94. The Morgan fingerprint density at radius 2 is 2.24 bits per heavy atom. The third-order valence-corrected chi connectivity index (χ3v) is 4.10. The van der Waals surface area contributed by atoms with Gasteiger partial charge in [0.25, 0.3) is 0 Å². The first-order chi connectivity index (χ1) is 8.15. The van der Waals surface area contributed by atoms with E-state index in [0.29, 0.717) is 5.02 Å². The molecule has 1 aromatic carbocycles. The van der Waals surface area contributed by atoms with E-state index in [1.54, 1.807) is 0 Å². The minimum absolute atomic E-state index is 0.000476. The lowest BCUT2D eigenvalue weighted by molar-refractivity contribution is -0.0138. The number of rotatable bonds is 5. The number of ether oxygens (including phenoxy) is 1. The van der Waals surface area contributed by atoms with Gasteiger partial charge in [-0.3, -0.25) is 0 Å². The fourth-order valence-corrected chi connectivity index (χ4v) is 2.83. The molecule has 2 rings (SSSR count). The van der Waals surface area contributed by atoms with Crippen LogP contribution in [0.2, 0.25) is 5.02 Å². The van der Waals surface area contributed by atoms with Crippen LogP contribution in [0.5, 0.6) is 5.75 Å². The summed E-state index contributed by atoms with van der Waals surface area (Å²) in [6.07, 6.45) is 4.54. The molecule has 1 fully saturated rings. The molecule has 0 aromatic heterocycles. The van der Waals surface area contributed by atoms with Gasteiger partial charge in [0.05, 0.1) is 5.02 Å². The van der Waals surface area contributed by atoms with E-state index in [4.69, 9.17) is 16.3 Å². The van der Waals surface area contributed by atoms with E-state index in [1.807, 2.05) is 25.2 Å². The van der Waals surface area contributed by atoms with Gasteiger partial charge in [0.15, 0.2) is 0 Å². The molecule has 1 aliphatic rings. The molecule has 0 unspecified atom stereocenters. The number of hydrogen-bond donors (Lipinski definition) is 1. The van der Waals surface area contributed by atoms with Crippen molar-refractivity contribution in [3.05, 3.63) is 27.7 Å². The van der Waals surface area contributed by atoms with Crippen molar-refractivity contribution in [2.45, 2.75) is 31.3 Å². The predicted octanol–water partition coefficient (Wildman–Crippen LogP) is 4.01. The maximum atomic E-state index is 6.18. The molecule has 0 aliphatic heterocycles. The molecule has 0 heterocycles. The third kappa shape index (κ3) is 3.15. The molecule has 1 saturated carbocycles. The molecular weight excluding hydrogens is 302 g/mol. The van der Waals surface area contributed by atoms with Gasteiger partial charge in [0.1, 0.15) is 11.4 Å². The first kappa shape index (κ1) is 13.2. The van der Waals surface area contributed by atoms with E-state index in [9.17, 15) is 0 Å². The van der Waals surface area contributed by atoms with Crippen molar-refractivity contribution in [2.24, 2.45) is 0 Å². The molecule has 1 N–H and O–H groups in total. The van der Waals surface area contributed by atoms with E-state index in [1.165, 1.54) is 6.42 Å². The summed E-state index contributed by atoms with van der Waals surface area (Å²) in [5.41, 5.74) is 0.000476. The standard InChI is InChI=1S/C13H17BrClNO/c1-16-8-7-13(5-2-6-13)17-12-4-3-10(14)9-11(12)15/h3-4,9,16H,2,5-8H2,1H3. The largest absolute Gasteiger partial charge is 0.486 e. The van der Waals surface area contributed by atoms with Gasteiger partial charge < -0.3 is 10.1 Å². The Hall–Kier alpha value is -0.250. The van der Waals surface area contributed by atoms with Crippen molar-refractivity contribution in [2.75, 3.05) is 13.6 Å². The van der Waals surface area contributed by atoms with Gasteiger partial charge in [0, 0.05) is 4.47 Å². The average Bonchev–Trinajstić information content (AvgIpc) is 2.25. The second-order valence-corrected chi connectivity index (χ2v) is 5.89. The van der Waals surface area contributed by atoms with Gasteiger partial charge in [-0.2, -0.15) is 0 Å². The first-order valence-corrected chi connectivity index (χ1v) is 7.11. The van der Waals surface area contributed by atoms with Crippen molar-refractivity contribution in [1.82, 2.24) is 5.32 Å². The Bertz CT molecular complexity index is 393. The highest BCUT2D eigenvalue weighted by molar-refractivity contribution is 9.10. The minimum atomic E-state index is 0.000476. The lowest BCUT2D eigenvalue weighted by atomic mass is 9.77. The number of benzene rings is 1. The van der Waals surface area contributed by atoms with E-state index >= 15 is 0 Å². The quantitative estimate of drug-likeness (QED) is 0.885. The molecule has 94 valence electrons. The molecule has 0 saturated heterocycles. The van der Waals surface area contributed by atoms with Crippen LogP contribution in [-0.2, 0) is 0 Å². The van der Waals surface area contributed by atoms with E-state index in [-0.39, 0.29) is 5.60 Å². The van der Waals surface area contributed by atoms with Crippen molar-refractivity contribution in [3.63, 3.8) is 0 Å². The second kappa shape index (κ2) is 5.59. The highest BCUT2D eigenvalue weighted by atomic mass is 79.9. The summed E-state index contributed by atoms with van der Waals surface area (Å²) < 4.78 is 7.11. The van der Waals surface area contributed by atoms with Crippen LogP contribution in [0.3, 0.4) is 0 Å². The fraction of sp³-hybridized carbons (Fsp3) is 0.538. The Balaban J connectivity index is 2.07. The topological polar surface area (TPSA) is 21.3 Å². The molecule has 0 amide bonds. The molecule has 0 spiro atoms. The zero-order valence-electron chi connectivity index (χ0n) is 9.93. The van der Waals surface area contributed by atoms with Crippen molar-refractivity contribution >= 4 is 27.5 Å². The Labute approximate surface area is 116 Å². The molecule has 17 heavy (non-hydrogen) atoms. The molecule has 1 aliphatic carbocycles. The van der Waals surface area contributed by atoms with Gasteiger partial charge in [-0.15, -0.1) is 0 Å². The summed E-state index contributed by atoms with van der Waals surface area (Å²) in [5.74, 6) is 0.797. The van der Waals surface area contributed by atoms with Crippen molar-refractivity contribution in [1.29, 1.82) is 0 Å². The Morgan fingerprint density at radius 3 is 2.76 bits per heavy atom. The SMILES string of the molecule is CNCCC1(Oc2ccc(Br)cc2Cl)CCC1. The highest BCUT2D eigenvalue weighted by Crippen LogP contribution is 2.41. The lowest BCUT2D eigenvalue weighted by Gasteiger charge is -2.42. The molecule has 1 aromatic rings. The van der Waals surface area contributed by atoms with Crippen molar-refractivity contribution < 1.29 is 4.74 Å². The van der Waals surface area contributed by atoms with Crippen LogP contribution in [0.4, 0.5) is 0 Å². The zero-order chi connectivity index (χ0) is 12.3. The smallest absolute Gasteiger partial charge is 0.138 e. The molecular formula is C13H17BrClNO. The van der Waals surface area contributed by atoms with Crippen LogP contribution < -0.4 is 10.1 Å². The summed E-state index contributed by atoms with van der Waals surface area (Å²) in [6.45, 7) is 0.980. The highest BCUT2D eigenvalue weighted by Gasteiger charge is 2.39. The second-order valence-electron chi connectivity index (χ2n) is 4.57. The summed E-state index contributed by atoms with van der Waals surface area (Å²) in [6, 6.07) is 5.78. The van der Waals surface area contributed by atoms with Crippen LogP contribution in [-0.4, -0.2) is 19.2 Å². The van der Waals surface area contributed by atoms with Gasteiger partial charge in [0.2, 0.25) is 0 Å². The summed E-state index contributed by atoms with van der Waals surface area (Å²) >= 11 is 9.58. The van der Waals surface area contributed by atoms with Gasteiger partial charge in [-0.1, -0.05) is 27.5 Å². The van der Waals surface area contributed by atoms with Crippen LogP contribution >= 0.6 is 27.5 Å². The molecule has 2 nitrogen and oxygen atoms in total. The normalized spacial score (nSPS) is 17.6. The van der Waals surface area contributed by atoms with Crippen LogP contribution in [0.25, 0.3) is 0 Å². The number of halogens is 2. The Morgan fingerprint density at radius 1 is 1.47 bits per heavy atom. The lowest BCUT2D eigenvalue weighted by Crippen LogP contribution is -2.45. The van der Waals surface area contributed by atoms with Crippen LogP contribution in [0.1, 0.15) is 25.7 Å². The number of nitrogens with one attached hydrogen (secondary N) is 1. The average molecular weight is 319 g/mol. The predicted molar refractivity (Wildman–Crippen MR) is 74.9 cm³/mol. The maximum Gasteiger partial charge on any atom is 0.138 e. The zero-order valence-corrected chi connectivity index (χ0v) is 12.3. The monoisotopic (exact) mass is 317 g/mol. The molecule has 0 bridgehead atoms. The van der Waals surface area contributed by atoms with Gasteiger partial charge in [-0.05, 0) is 57.5 Å². The van der Waals surface area contributed by atoms with Crippen molar-refractivity contribution in [3.8, 4) is 5.75 Å². The Kier molecular flexibility index (Phi) is 4.34. The number of hydrogen-bond acceptors (Lipinski definition) is 2. The van der Waals surface area contributed by atoms with Crippen LogP contribution in [0, 0.1) is 0 Å². The summed E-state index contributed by atoms with van der Waals surface area (Å²) in [5, 5.41) is 3.86. The molecule has 0 atom stereocenters. The van der Waals surface area contributed by atoms with Gasteiger partial charge in [-0.25, -0.2) is 0 Å². The van der Waals surface area contributed by atoms with Crippen LogP contribution in [0.15, 0.2) is 22.7 Å². The molecule has 0 radical (unpaired) electrons. The van der Waals surface area contributed by atoms with E-state index in [0.717, 1.165) is 36.0 Å². The molecule has 4 heteroatoms. The van der Waals surface area contributed by atoms with Gasteiger partial charge >= 0.3 is 0 Å². The van der Waals surface area contributed by atoms with E-state index < -0.39 is 0 Å². The maximum absolute atomic E-state index is 6.18. The minimum Gasteiger partial charge on any atom is -0.486 e. The van der Waals surface area contributed by atoms with E-state index in [2.05, 4.69) is 21.2 Å².